The summed E-state index contributed by atoms with van der Waals surface area (Å²) in [5, 5.41) is 7.12. The normalized spacial score (nSPS) is 10.4. The van der Waals surface area contributed by atoms with Crippen molar-refractivity contribution in [3.8, 4) is 17.2 Å². The van der Waals surface area contributed by atoms with Crippen LogP contribution in [0.2, 0.25) is 0 Å². The highest BCUT2D eigenvalue weighted by Crippen LogP contribution is 2.38. The van der Waals surface area contributed by atoms with E-state index < -0.39 is 11.8 Å². The number of amides is 2. The monoisotopic (exact) mass is 488 g/mol. The quantitative estimate of drug-likeness (QED) is 0.478. The van der Waals surface area contributed by atoms with Crippen molar-refractivity contribution in [3.05, 3.63) is 64.3 Å². The lowest BCUT2D eigenvalue weighted by atomic mass is 10.1. The molecule has 0 radical (unpaired) electrons. The zero-order chi connectivity index (χ0) is 22.4. The first-order valence-electron chi connectivity index (χ1n) is 9.16. The Balaban J connectivity index is 1.81. The highest BCUT2D eigenvalue weighted by molar-refractivity contribution is 9.10. The largest absolute Gasteiger partial charge is 0.493 e. The maximum atomic E-state index is 12.9. The van der Waals surface area contributed by atoms with Gasteiger partial charge in [-0.1, -0.05) is 28.1 Å². The van der Waals surface area contributed by atoms with Gasteiger partial charge in [-0.05, 0) is 29.8 Å². The van der Waals surface area contributed by atoms with Gasteiger partial charge in [0.1, 0.15) is 5.82 Å². The minimum absolute atomic E-state index is 0.181. The average molecular weight is 489 g/mol. The van der Waals surface area contributed by atoms with Gasteiger partial charge in [0.25, 0.3) is 11.8 Å². The molecule has 10 heteroatoms. The van der Waals surface area contributed by atoms with Gasteiger partial charge in [0, 0.05) is 16.1 Å². The summed E-state index contributed by atoms with van der Waals surface area (Å²) in [6, 6.07) is 12.5. The van der Waals surface area contributed by atoms with Crippen LogP contribution < -0.4 is 25.3 Å². The predicted octanol–water partition coefficient (Wildman–Crippen LogP) is 2.83. The lowest BCUT2D eigenvalue weighted by Gasteiger charge is -2.15. The molecule has 1 heterocycles. The number of carbonyl (C=O) groups is 2. The number of aromatic nitrogens is 2. The van der Waals surface area contributed by atoms with Crippen LogP contribution in [0.1, 0.15) is 15.9 Å². The van der Waals surface area contributed by atoms with Gasteiger partial charge in [0.2, 0.25) is 5.75 Å². The van der Waals surface area contributed by atoms with Crippen molar-refractivity contribution >= 4 is 33.6 Å². The molecule has 0 fully saturated rings. The van der Waals surface area contributed by atoms with Crippen molar-refractivity contribution in [2.24, 2.45) is 5.73 Å². The van der Waals surface area contributed by atoms with Gasteiger partial charge in [-0.2, -0.15) is 5.10 Å². The van der Waals surface area contributed by atoms with Crippen LogP contribution in [0.3, 0.4) is 0 Å². The molecule has 0 bridgehead atoms. The van der Waals surface area contributed by atoms with Gasteiger partial charge in [-0.3, -0.25) is 9.59 Å². The minimum Gasteiger partial charge on any atom is -0.493 e. The number of nitrogens with two attached hydrogens (primary N) is 1. The Morgan fingerprint density at radius 3 is 2.32 bits per heavy atom. The number of nitrogens with one attached hydrogen (secondary N) is 1. The van der Waals surface area contributed by atoms with Gasteiger partial charge < -0.3 is 25.3 Å². The van der Waals surface area contributed by atoms with E-state index in [1.54, 1.807) is 16.9 Å². The Labute approximate surface area is 187 Å². The molecule has 2 amide bonds. The predicted molar refractivity (Wildman–Crippen MR) is 118 cm³/mol. The van der Waals surface area contributed by atoms with Gasteiger partial charge in [0.05, 0.1) is 27.0 Å². The zero-order valence-corrected chi connectivity index (χ0v) is 18.5. The Kier molecular flexibility index (Phi) is 7.14. The molecule has 2 aromatic carbocycles. The third kappa shape index (κ3) is 5.54. The number of primary amides is 1. The fraction of sp³-hybridized carbons (Fsp3) is 0.190. The number of hydrogen-bond donors (Lipinski definition) is 2. The number of rotatable bonds is 9. The lowest BCUT2D eigenvalue weighted by Crippen LogP contribution is -2.21. The minimum atomic E-state index is -0.648. The van der Waals surface area contributed by atoms with Crippen LogP contribution in [-0.4, -0.2) is 42.4 Å². The molecule has 0 saturated carbocycles. The Hall–Kier alpha value is -3.53. The molecule has 0 aliphatic rings. The third-order valence-electron chi connectivity index (χ3n) is 4.29. The van der Waals surface area contributed by atoms with E-state index in [2.05, 4.69) is 26.3 Å². The summed E-state index contributed by atoms with van der Waals surface area (Å²) in [5.74, 6) is 0.129. The molecule has 0 aliphatic heterocycles. The molecule has 3 aromatic rings. The summed E-state index contributed by atoms with van der Waals surface area (Å²) in [6.45, 7) is 0.135. The molecule has 0 spiro atoms. The molecule has 9 nitrogen and oxygen atoms in total. The van der Waals surface area contributed by atoms with Crippen molar-refractivity contribution in [1.82, 2.24) is 9.78 Å². The standard InChI is InChI=1S/C21H21BrN4O5/c1-29-16-9-14(10-17(30-2)20(16)31-12-18(23)27)21(28)25-19-7-8-24-26(19)11-13-3-5-15(22)6-4-13/h3-10H,11-12H2,1-2H3,(H2,23,27)(H,25,28). The molecule has 0 atom stereocenters. The number of anilines is 1. The number of hydrogen-bond acceptors (Lipinski definition) is 6. The molecule has 3 N–H and O–H groups in total. The maximum Gasteiger partial charge on any atom is 0.257 e. The molecule has 1 aromatic heterocycles. The van der Waals surface area contributed by atoms with Crippen LogP contribution in [-0.2, 0) is 11.3 Å². The van der Waals surface area contributed by atoms with Crippen molar-refractivity contribution in [1.29, 1.82) is 0 Å². The topological polar surface area (TPSA) is 118 Å². The average Bonchev–Trinajstić information content (AvgIpc) is 3.19. The van der Waals surface area contributed by atoms with Crippen LogP contribution in [0.5, 0.6) is 17.2 Å². The fourth-order valence-corrected chi connectivity index (χ4v) is 3.08. The summed E-state index contributed by atoms with van der Waals surface area (Å²) >= 11 is 3.41. The molecule has 3 rings (SSSR count). The third-order valence-corrected chi connectivity index (χ3v) is 4.81. The fourth-order valence-electron chi connectivity index (χ4n) is 2.81. The van der Waals surface area contributed by atoms with Crippen LogP contribution in [0.25, 0.3) is 0 Å². The van der Waals surface area contributed by atoms with Gasteiger partial charge >= 0.3 is 0 Å². The Morgan fingerprint density at radius 2 is 1.74 bits per heavy atom. The number of benzene rings is 2. The summed E-state index contributed by atoms with van der Waals surface area (Å²) in [4.78, 5) is 23.9. The van der Waals surface area contributed by atoms with E-state index in [0.717, 1.165) is 10.0 Å². The SMILES string of the molecule is COc1cc(C(=O)Nc2ccnn2Cc2ccc(Br)cc2)cc(OC)c1OCC(N)=O. The van der Waals surface area contributed by atoms with Crippen molar-refractivity contribution in [3.63, 3.8) is 0 Å². The van der Waals surface area contributed by atoms with E-state index in [1.807, 2.05) is 24.3 Å². The highest BCUT2D eigenvalue weighted by Gasteiger charge is 2.19. The molecule has 162 valence electrons. The van der Waals surface area contributed by atoms with E-state index >= 15 is 0 Å². The zero-order valence-electron chi connectivity index (χ0n) is 16.9. The van der Waals surface area contributed by atoms with E-state index in [4.69, 9.17) is 19.9 Å². The van der Waals surface area contributed by atoms with Crippen LogP contribution in [0.15, 0.2) is 53.1 Å². The second-order valence-electron chi connectivity index (χ2n) is 6.42. The Bertz CT molecular complexity index is 1060. The van der Waals surface area contributed by atoms with Crippen molar-refractivity contribution in [2.45, 2.75) is 6.54 Å². The van der Waals surface area contributed by atoms with Crippen LogP contribution >= 0.6 is 15.9 Å². The second kappa shape index (κ2) is 9.98. The van der Waals surface area contributed by atoms with Crippen molar-refractivity contribution in [2.75, 3.05) is 26.1 Å². The first-order valence-corrected chi connectivity index (χ1v) is 9.95. The number of carbonyl (C=O) groups excluding carboxylic acids is 2. The van der Waals surface area contributed by atoms with Crippen LogP contribution in [0.4, 0.5) is 5.82 Å². The van der Waals surface area contributed by atoms with Crippen molar-refractivity contribution < 1.29 is 23.8 Å². The number of nitrogens with zero attached hydrogens (tertiary/aromatic N) is 2. The van der Waals surface area contributed by atoms with E-state index in [9.17, 15) is 9.59 Å². The molecular formula is C21H21BrN4O5. The molecule has 31 heavy (non-hydrogen) atoms. The molecule has 0 aliphatic carbocycles. The summed E-state index contributed by atoms with van der Waals surface area (Å²) in [6.07, 6.45) is 1.61. The van der Waals surface area contributed by atoms with Gasteiger partial charge in [0.15, 0.2) is 18.1 Å². The first-order chi connectivity index (χ1) is 14.9. The lowest BCUT2D eigenvalue weighted by molar-refractivity contribution is -0.120. The van der Waals surface area contributed by atoms with E-state index in [-0.39, 0.29) is 29.4 Å². The second-order valence-corrected chi connectivity index (χ2v) is 7.34. The maximum absolute atomic E-state index is 12.9. The molecular weight excluding hydrogens is 468 g/mol. The van der Waals surface area contributed by atoms with Crippen LogP contribution in [0, 0.1) is 0 Å². The summed E-state index contributed by atoms with van der Waals surface area (Å²) in [5.41, 5.74) is 6.44. The van der Waals surface area contributed by atoms with E-state index in [1.165, 1.54) is 26.4 Å². The van der Waals surface area contributed by atoms with E-state index in [0.29, 0.717) is 12.4 Å². The number of methoxy groups -OCH3 is 2. The summed E-state index contributed by atoms with van der Waals surface area (Å²) in [7, 11) is 2.84. The van der Waals surface area contributed by atoms with Gasteiger partial charge in [-0.25, -0.2) is 4.68 Å². The summed E-state index contributed by atoms with van der Waals surface area (Å²) < 4.78 is 18.6. The number of halogens is 1. The van der Waals surface area contributed by atoms with Gasteiger partial charge in [-0.15, -0.1) is 0 Å². The first kappa shape index (κ1) is 22.2. The molecule has 0 unspecified atom stereocenters. The number of ether oxygens (including phenoxy) is 3. The molecule has 0 saturated heterocycles. The Morgan fingerprint density at radius 1 is 1.10 bits per heavy atom. The highest BCUT2D eigenvalue weighted by atomic mass is 79.9. The smallest absolute Gasteiger partial charge is 0.257 e.